The number of carbonyl (C=O) groups excluding carboxylic acids is 2. The van der Waals surface area contributed by atoms with E-state index in [0.717, 1.165) is 13.1 Å². The van der Waals surface area contributed by atoms with Crippen molar-refractivity contribution >= 4 is 23.7 Å². The lowest BCUT2D eigenvalue weighted by Crippen LogP contribution is -2.61. The molecular formula is C23H26N2O8. The van der Waals surface area contributed by atoms with E-state index in [1.807, 2.05) is 0 Å². The molecule has 1 heterocycles. The number of aliphatic carboxylic acids is 2. The summed E-state index contributed by atoms with van der Waals surface area (Å²) >= 11 is 0. The molecule has 176 valence electrons. The number of carboxylic acid groups (broad SMARTS) is 2. The maximum Gasteiger partial charge on any atom is 0.360 e. The van der Waals surface area contributed by atoms with Crippen molar-refractivity contribution in [3.05, 3.63) is 71.8 Å². The van der Waals surface area contributed by atoms with Crippen molar-refractivity contribution in [3.8, 4) is 0 Å². The van der Waals surface area contributed by atoms with Gasteiger partial charge in [0.25, 0.3) is 0 Å². The first-order valence-corrected chi connectivity index (χ1v) is 10.1. The molecule has 0 radical (unpaired) electrons. The second kappa shape index (κ2) is 11.9. The zero-order valence-corrected chi connectivity index (χ0v) is 18.0. The Bertz CT molecular complexity index is 961. The Balaban J connectivity index is 0.000000468. The predicted molar refractivity (Wildman–Crippen MR) is 117 cm³/mol. The van der Waals surface area contributed by atoms with Crippen molar-refractivity contribution in [2.75, 3.05) is 33.2 Å². The van der Waals surface area contributed by atoms with Crippen LogP contribution < -0.4 is 5.32 Å². The normalized spacial score (nSPS) is 16.3. The Kier molecular flexibility index (Phi) is 9.22. The molecule has 1 unspecified atom stereocenters. The first-order chi connectivity index (χ1) is 15.7. The maximum atomic E-state index is 12.7. The summed E-state index contributed by atoms with van der Waals surface area (Å²) in [4.78, 5) is 50.4. The van der Waals surface area contributed by atoms with Gasteiger partial charge in [0.05, 0.1) is 5.56 Å². The quantitative estimate of drug-likeness (QED) is 0.262. The fraction of sp³-hybridized carbons (Fsp3) is 0.304. The third kappa shape index (κ3) is 6.45. The van der Waals surface area contributed by atoms with Gasteiger partial charge in [-0.3, -0.25) is 4.79 Å². The lowest BCUT2D eigenvalue weighted by atomic mass is 9.87. The Morgan fingerprint density at radius 3 is 1.79 bits per heavy atom. The van der Waals surface area contributed by atoms with Crippen LogP contribution in [0.15, 0.2) is 60.7 Å². The molecule has 0 aliphatic carbocycles. The van der Waals surface area contributed by atoms with Crippen molar-refractivity contribution in [1.82, 2.24) is 10.2 Å². The van der Waals surface area contributed by atoms with Crippen LogP contribution in [0.2, 0.25) is 0 Å². The van der Waals surface area contributed by atoms with Crippen molar-refractivity contribution < 1.29 is 39.2 Å². The van der Waals surface area contributed by atoms with Crippen LogP contribution in [-0.4, -0.2) is 88.8 Å². The summed E-state index contributed by atoms with van der Waals surface area (Å²) in [7, 11) is 2.15. The number of aliphatic hydroxyl groups excluding tert-OH is 1. The number of hydrogen-bond acceptors (Lipinski definition) is 8. The van der Waals surface area contributed by atoms with E-state index < -0.39 is 35.4 Å². The van der Waals surface area contributed by atoms with Crippen LogP contribution in [0.4, 0.5) is 0 Å². The van der Waals surface area contributed by atoms with Crippen LogP contribution in [-0.2, 0) is 14.3 Å². The number of carboxylic acids is 2. The van der Waals surface area contributed by atoms with E-state index in [2.05, 4.69) is 17.3 Å². The first-order valence-electron chi connectivity index (χ1n) is 10.1. The summed E-state index contributed by atoms with van der Waals surface area (Å²) in [5.41, 5.74) is -3.70. The van der Waals surface area contributed by atoms with Gasteiger partial charge in [0, 0.05) is 31.7 Å². The van der Waals surface area contributed by atoms with Crippen LogP contribution >= 0.6 is 0 Å². The number of aliphatic hydroxyl groups is 1. The Hall–Kier alpha value is -3.60. The molecule has 3 rings (SSSR count). The number of ether oxygens (including phenoxy) is 1. The number of hydrogen-bond donors (Lipinski definition) is 4. The number of carbonyl (C=O) groups is 4. The molecule has 2 atom stereocenters. The summed E-state index contributed by atoms with van der Waals surface area (Å²) in [6.07, 6.45) is -2.82. The van der Waals surface area contributed by atoms with Gasteiger partial charge in [-0.15, -0.1) is 0 Å². The molecule has 2 aromatic carbocycles. The number of piperazine rings is 1. The second-order valence-corrected chi connectivity index (χ2v) is 7.29. The van der Waals surface area contributed by atoms with E-state index in [0.29, 0.717) is 0 Å². The molecule has 4 N–H and O–H groups in total. The molecule has 2 aromatic rings. The van der Waals surface area contributed by atoms with Crippen molar-refractivity contribution in [2.45, 2.75) is 11.7 Å². The maximum absolute atomic E-state index is 12.7. The minimum Gasteiger partial charge on any atom is -0.479 e. The third-order valence-electron chi connectivity index (χ3n) is 4.91. The minimum absolute atomic E-state index is 0.114. The van der Waals surface area contributed by atoms with Crippen molar-refractivity contribution in [2.24, 2.45) is 0 Å². The number of likely N-dealkylation sites (N-methyl/N-ethyl adjacent to an activating group) is 1. The molecule has 1 aliphatic heterocycles. The highest BCUT2D eigenvalue weighted by Crippen LogP contribution is 2.26. The molecule has 0 saturated carbocycles. The summed E-state index contributed by atoms with van der Waals surface area (Å²) < 4.78 is 4.81. The first kappa shape index (κ1) is 25.7. The third-order valence-corrected chi connectivity index (χ3v) is 4.91. The van der Waals surface area contributed by atoms with E-state index in [-0.39, 0.29) is 11.1 Å². The monoisotopic (exact) mass is 458 g/mol. The number of nitrogens with zero attached hydrogens (tertiary/aromatic N) is 1. The van der Waals surface area contributed by atoms with Gasteiger partial charge in [-0.2, -0.15) is 0 Å². The molecule has 33 heavy (non-hydrogen) atoms. The average Bonchev–Trinajstić information content (AvgIpc) is 2.83. The smallest absolute Gasteiger partial charge is 0.360 e. The molecule has 0 bridgehead atoms. The molecule has 0 aromatic heterocycles. The van der Waals surface area contributed by atoms with Gasteiger partial charge in [0.1, 0.15) is 0 Å². The fourth-order valence-corrected chi connectivity index (χ4v) is 3.02. The molecule has 0 amide bonds. The SMILES string of the molecule is CN1CCNCC1.O=C(O[C@](C(=O)O)(C(=O)c1ccccc1)C(O)C(=O)O)c1ccccc1. The number of benzene rings is 2. The lowest BCUT2D eigenvalue weighted by molar-refractivity contribution is -0.176. The van der Waals surface area contributed by atoms with Gasteiger partial charge in [-0.1, -0.05) is 48.5 Å². The summed E-state index contributed by atoms with van der Waals surface area (Å²) in [6.45, 7) is 4.74. The Morgan fingerprint density at radius 1 is 0.909 bits per heavy atom. The number of ketones is 1. The van der Waals surface area contributed by atoms with Crippen LogP contribution in [0.3, 0.4) is 0 Å². The van der Waals surface area contributed by atoms with Crippen LogP contribution in [0.25, 0.3) is 0 Å². The van der Waals surface area contributed by atoms with E-state index in [4.69, 9.17) is 9.84 Å². The molecular weight excluding hydrogens is 432 g/mol. The molecule has 1 aliphatic rings. The molecule has 1 saturated heterocycles. The summed E-state index contributed by atoms with van der Waals surface area (Å²) in [5.74, 6) is -6.77. The number of Topliss-reactive ketones (excluding diaryl/α,β-unsaturated/α-hetero) is 1. The molecule has 1 fully saturated rings. The van der Waals surface area contributed by atoms with Gasteiger partial charge in [0.2, 0.25) is 11.9 Å². The van der Waals surface area contributed by atoms with Crippen LogP contribution in [0.5, 0.6) is 0 Å². The number of nitrogens with one attached hydrogen (secondary N) is 1. The molecule has 10 nitrogen and oxygen atoms in total. The predicted octanol–water partition coefficient (Wildman–Crippen LogP) is 0.517. The van der Waals surface area contributed by atoms with Gasteiger partial charge in [-0.05, 0) is 19.2 Å². The lowest BCUT2D eigenvalue weighted by Gasteiger charge is -2.30. The van der Waals surface area contributed by atoms with Crippen LogP contribution in [0.1, 0.15) is 20.7 Å². The summed E-state index contributed by atoms with van der Waals surface area (Å²) in [5, 5.41) is 31.9. The van der Waals surface area contributed by atoms with Gasteiger partial charge in [0.15, 0.2) is 0 Å². The number of esters is 1. The Morgan fingerprint density at radius 2 is 1.39 bits per heavy atom. The highest BCUT2D eigenvalue weighted by atomic mass is 16.6. The van der Waals surface area contributed by atoms with E-state index in [1.54, 1.807) is 12.1 Å². The zero-order valence-electron chi connectivity index (χ0n) is 18.0. The van der Waals surface area contributed by atoms with Gasteiger partial charge in [-0.25, -0.2) is 14.4 Å². The van der Waals surface area contributed by atoms with Crippen molar-refractivity contribution in [1.29, 1.82) is 0 Å². The van der Waals surface area contributed by atoms with E-state index >= 15 is 0 Å². The van der Waals surface area contributed by atoms with Gasteiger partial charge < -0.3 is 30.3 Å². The second-order valence-electron chi connectivity index (χ2n) is 7.29. The largest absolute Gasteiger partial charge is 0.479 e. The van der Waals surface area contributed by atoms with Crippen LogP contribution in [0, 0.1) is 0 Å². The molecule has 0 spiro atoms. The van der Waals surface area contributed by atoms with Gasteiger partial charge >= 0.3 is 23.5 Å². The zero-order chi connectivity index (χ0) is 24.4. The van der Waals surface area contributed by atoms with E-state index in [1.165, 1.54) is 61.6 Å². The standard InChI is InChI=1S/C18H14O8.C5H12N2/c19-13(11-7-3-1-4-8-11)18(17(24)25,14(20)15(21)22)26-16(23)12-9-5-2-6-10-12;1-7-4-2-6-3-5-7/h1-10,14,20H,(H,21,22)(H,24,25);6H,2-5H2,1H3/t14?,18-;/m1./s1. The Labute approximate surface area is 190 Å². The highest BCUT2D eigenvalue weighted by molar-refractivity contribution is 6.19. The average molecular weight is 458 g/mol. The van der Waals surface area contributed by atoms with E-state index in [9.17, 15) is 29.4 Å². The summed E-state index contributed by atoms with van der Waals surface area (Å²) in [6, 6.07) is 13.9. The fourth-order valence-electron chi connectivity index (χ4n) is 3.02. The topological polar surface area (TPSA) is 153 Å². The molecule has 10 heteroatoms. The minimum atomic E-state index is -3.35. The highest BCUT2D eigenvalue weighted by Gasteiger charge is 2.59. The number of rotatable bonds is 7. The van der Waals surface area contributed by atoms with Crippen molar-refractivity contribution in [3.63, 3.8) is 0 Å².